The number of ether oxygens (including phenoxy) is 1. The molecule has 22 heavy (non-hydrogen) atoms. The highest BCUT2D eigenvalue weighted by Crippen LogP contribution is 2.30. The SMILES string of the molecule is CN(CCOCC(=O)O)S(=O)(=O)c1cccc(C(F)(F)F)c1. The molecular formula is C12H14F3NO5S. The molecule has 0 fully saturated rings. The van der Waals surface area contributed by atoms with Crippen molar-refractivity contribution in [2.75, 3.05) is 26.8 Å². The van der Waals surface area contributed by atoms with Crippen molar-refractivity contribution in [2.24, 2.45) is 0 Å². The van der Waals surface area contributed by atoms with Gasteiger partial charge in [0.05, 0.1) is 17.1 Å². The summed E-state index contributed by atoms with van der Waals surface area (Å²) in [5.74, 6) is -1.21. The molecule has 6 nitrogen and oxygen atoms in total. The number of aliphatic carboxylic acids is 1. The zero-order valence-corrected chi connectivity index (χ0v) is 12.3. The van der Waals surface area contributed by atoms with Gasteiger partial charge in [0.2, 0.25) is 10.0 Å². The predicted octanol–water partition coefficient (Wildman–Crippen LogP) is 1.43. The number of benzene rings is 1. The lowest BCUT2D eigenvalue weighted by molar-refractivity contribution is -0.142. The van der Waals surface area contributed by atoms with Gasteiger partial charge in [-0.25, -0.2) is 13.2 Å². The first-order valence-corrected chi connectivity index (χ1v) is 7.42. The minimum absolute atomic E-state index is 0.189. The molecule has 1 aromatic carbocycles. The Morgan fingerprint density at radius 1 is 1.36 bits per heavy atom. The standard InChI is InChI=1S/C12H14F3NO5S/c1-16(5-6-21-8-11(17)18)22(19,20)10-4-2-3-9(7-10)12(13,14)15/h2-4,7H,5-6,8H2,1H3,(H,17,18). The van der Waals surface area contributed by atoms with Crippen LogP contribution in [0.3, 0.4) is 0 Å². The summed E-state index contributed by atoms with van der Waals surface area (Å²) >= 11 is 0. The molecule has 0 bridgehead atoms. The van der Waals surface area contributed by atoms with E-state index < -0.39 is 39.2 Å². The molecule has 10 heteroatoms. The van der Waals surface area contributed by atoms with Gasteiger partial charge in [0.15, 0.2) is 0 Å². The second-order valence-corrected chi connectivity index (χ2v) is 6.34. The number of hydrogen-bond donors (Lipinski definition) is 1. The summed E-state index contributed by atoms with van der Waals surface area (Å²) in [5, 5.41) is 8.36. The third-order valence-electron chi connectivity index (χ3n) is 2.65. The fraction of sp³-hybridized carbons (Fsp3) is 0.417. The van der Waals surface area contributed by atoms with E-state index in [1.165, 1.54) is 7.05 Å². The highest BCUT2D eigenvalue weighted by atomic mass is 32.2. The molecule has 0 amide bonds. The van der Waals surface area contributed by atoms with Gasteiger partial charge in [-0.1, -0.05) is 6.07 Å². The molecule has 0 spiro atoms. The van der Waals surface area contributed by atoms with Gasteiger partial charge in [-0.2, -0.15) is 17.5 Å². The molecule has 1 N–H and O–H groups in total. The number of carboxylic acids is 1. The Hall–Kier alpha value is -1.65. The van der Waals surface area contributed by atoms with Crippen molar-refractivity contribution in [2.45, 2.75) is 11.1 Å². The van der Waals surface area contributed by atoms with Crippen LogP contribution in [0.15, 0.2) is 29.2 Å². The van der Waals surface area contributed by atoms with Crippen LogP contribution < -0.4 is 0 Å². The molecule has 124 valence electrons. The Bertz CT molecular complexity index is 630. The van der Waals surface area contributed by atoms with Crippen molar-refractivity contribution in [3.63, 3.8) is 0 Å². The normalized spacial score (nSPS) is 12.6. The van der Waals surface area contributed by atoms with Crippen LogP contribution in [0, 0.1) is 0 Å². The number of rotatable bonds is 7. The van der Waals surface area contributed by atoms with Crippen LogP contribution >= 0.6 is 0 Å². The second-order valence-electron chi connectivity index (χ2n) is 4.30. The molecule has 0 heterocycles. The summed E-state index contributed by atoms with van der Waals surface area (Å²) in [6.07, 6.45) is -4.64. The molecule has 0 atom stereocenters. The number of hydrogen-bond acceptors (Lipinski definition) is 4. The van der Waals surface area contributed by atoms with E-state index in [0.29, 0.717) is 6.07 Å². The number of carboxylic acid groups (broad SMARTS) is 1. The van der Waals surface area contributed by atoms with E-state index >= 15 is 0 Å². The minimum Gasteiger partial charge on any atom is -0.480 e. The van der Waals surface area contributed by atoms with Crippen LogP contribution in [0.2, 0.25) is 0 Å². The molecule has 0 aliphatic heterocycles. The van der Waals surface area contributed by atoms with Crippen LogP contribution in [0.1, 0.15) is 5.56 Å². The average molecular weight is 341 g/mol. The van der Waals surface area contributed by atoms with E-state index in [1.807, 2.05) is 0 Å². The maximum absolute atomic E-state index is 12.6. The Labute approximate surface area is 125 Å². The number of alkyl halides is 3. The Morgan fingerprint density at radius 3 is 2.55 bits per heavy atom. The topological polar surface area (TPSA) is 83.9 Å². The molecule has 0 radical (unpaired) electrons. The summed E-state index contributed by atoms with van der Waals surface area (Å²) in [6.45, 7) is -0.968. The zero-order chi connectivity index (χ0) is 17.0. The highest BCUT2D eigenvalue weighted by Gasteiger charge is 2.32. The van der Waals surface area contributed by atoms with Crippen LogP contribution in [-0.4, -0.2) is 50.6 Å². The van der Waals surface area contributed by atoms with Crippen molar-refractivity contribution in [1.82, 2.24) is 4.31 Å². The minimum atomic E-state index is -4.64. The van der Waals surface area contributed by atoms with E-state index in [-0.39, 0.29) is 13.2 Å². The van der Waals surface area contributed by atoms with Crippen molar-refractivity contribution in [3.8, 4) is 0 Å². The van der Waals surface area contributed by atoms with Crippen LogP contribution in [-0.2, 0) is 25.7 Å². The van der Waals surface area contributed by atoms with E-state index in [4.69, 9.17) is 5.11 Å². The summed E-state index contributed by atoms with van der Waals surface area (Å²) in [6, 6.07) is 3.38. The second kappa shape index (κ2) is 7.07. The number of likely N-dealkylation sites (N-methyl/N-ethyl adjacent to an activating group) is 1. The van der Waals surface area contributed by atoms with E-state index in [1.54, 1.807) is 0 Å². The van der Waals surface area contributed by atoms with Crippen LogP contribution in [0.25, 0.3) is 0 Å². The number of sulfonamides is 1. The predicted molar refractivity (Wildman–Crippen MR) is 69.7 cm³/mol. The van der Waals surface area contributed by atoms with Gasteiger partial charge in [-0.3, -0.25) is 0 Å². The zero-order valence-electron chi connectivity index (χ0n) is 11.5. The molecule has 1 rings (SSSR count). The van der Waals surface area contributed by atoms with Gasteiger partial charge in [-0.05, 0) is 18.2 Å². The lowest BCUT2D eigenvalue weighted by Crippen LogP contribution is -2.31. The number of carbonyl (C=O) groups is 1. The van der Waals surface area contributed by atoms with Crippen LogP contribution in [0.4, 0.5) is 13.2 Å². The number of halogens is 3. The van der Waals surface area contributed by atoms with E-state index in [2.05, 4.69) is 4.74 Å². The molecule has 0 saturated heterocycles. The van der Waals surface area contributed by atoms with Crippen molar-refractivity contribution in [1.29, 1.82) is 0 Å². The average Bonchev–Trinajstić information content (AvgIpc) is 2.42. The molecule has 1 aromatic rings. The van der Waals surface area contributed by atoms with Gasteiger partial charge >= 0.3 is 12.1 Å². The fourth-order valence-electron chi connectivity index (χ4n) is 1.49. The van der Waals surface area contributed by atoms with Crippen molar-refractivity contribution >= 4 is 16.0 Å². The molecule has 0 unspecified atom stereocenters. The monoisotopic (exact) mass is 341 g/mol. The third kappa shape index (κ3) is 4.97. The summed E-state index contributed by atoms with van der Waals surface area (Å²) in [7, 11) is -2.95. The quantitative estimate of drug-likeness (QED) is 0.759. The van der Waals surface area contributed by atoms with E-state index in [9.17, 15) is 26.4 Å². The lowest BCUT2D eigenvalue weighted by Gasteiger charge is -2.17. The lowest BCUT2D eigenvalue weighted by atomic mass is 10.2. The number of nitrogens with zero attached hydrogens (tertiary/aromatic N) is 1. The summed E-state index contributed by atoms with van der Waals surface area (Å²) in [4.78, 5) is 9.73. The van der Waals surface area contributed by atoms with Gasteiger partial charge in [-0.15, -0.1) is 0 Å². The van der Waals surface area contributed by atoms with E-state index in [0.717, 1.165) is 22.5 Å². The fourth-order valence-corrected chi connectivity index (χ4v) is 2.69. The first-order chi connectivity index (χ1) is 10.0. The molecule has 0 aromatic heterocycles. The van der Waals surface area contributed by atoms with Gasteiger partial charge < -0.3 is 9.84 Å². The first-order valence-electron chi connectivity index (χ1n) is 5.98. The first kappa shape index (κ1) is 18.4. The van der Waals surface area contributed by atoms with Gasteiger partial charge in [0.1, 0.15) is 6.61 Å². The Kier molecular flexibility index (Phi) is 5.92. The van der Waals surface area contributed by atoms with Gasteiger partial charge in [0.25, 0.3) is 0 Å². The maximum Gasteiger partial charge on any atom is 0.416 e. The largest absolute Gasteiger partial charge is 0.480 e. The summed E-state index contributed by atoms with van der Waals surface area (Å²) in [5.41, 5.74) is -1.07. The third-order valence-corrected chi connectivity index (χ3v) is 4.50. The maximum atomic E-state index is 12.6. The van der Waals surface area contributed by atoms with Gasteiger partial charge in [0, 0.05) is 13.6 Å². The highest BCUT2D eigenvalue weighted by molar-refractivity contribution is 7.89. The van der Waals surface area contributed by atoms with Crippen molar-refractivity contribution < 1.29 is 36.2 Å². The van der Waals surface area contributed by atoms with Crippen molar-refractivity contribution in [3.05, 3.63) is 29.8 Å². The Morgan fingerprint density at radius 2 is 2.00 bits per heavy atom. The molecule has 0 aliphatic carbocycles. The molecular weight excluding hydrogens is 327 g/mol. The molecule has 0 aliphatic rings. The smallest absolute Gasteiger partial charge is 0.416 e. The Balaban J connectivity index is 2.83. The van der Waals surface area contributed by atoms with Crippen LogP contribution in [0.5, 0.6) is 0 Å². The molecule has 0 saturated carbocycles. The summed E-state index contributed by atoms with van der Waals surface area (Å²) < 4.78 is 67.5.